The molecule has 1 aromatic heterocycles. The number of hydrogen-bond donors (Lipinski definition) is 1. The van der Waals surface area contributed by atoms with Crippen molar-refractivity contribution in [2.75, 3.05) is 23.7 Å². The Balaban J connectivity index is 2.09. The zero-order valence-electron chi connectivity index (χ0n) is 10.3. The van der Waals surface area contributed by atoms with E-state index in [4.69, 9.17) is 5.73 Å². The second kappa shape index (κ2) is 3.92. The monoisotopic (exact) mass is 220 g/mol. The predicted octanol–water partition coefficient (Wildman–Crippen LogP) is 1.93. The van der Waals surface area contributed by atoms with Crippen molar-refractivity contribution in [3.8, 4) is 0 Å². The van der Waals surface area contributed by atoms with Gasteiger partial charge in [0, 0.05) is 19.3 Å². The van der Waals surface area contributed by atoms with E-state index in [2.05, 4.69) is 35.6 Å². The molecule has 0 amide bonds. The van der Waals surface area contributed by atoms with Gasteiger partial charge in [-0.15, -0.1) is 0 Å². The minimum absolute atomic E-state index is 0.358. The van der Waals surface area contributed by atoms with Gasteiger partial charge in [-0.2, -0.15) is 4.98 Å². The summed E-state index contributed by atoms with van der Waals surface area (Å²) in [7, 11) is 0. The summed E-state index contributed by atoms with van der Waals surface area (Å²) in [6, 6.07) is 1.93. The highest BCUT2D eigenvalue weighted by Gasteiger charge is 2.32. The first kappa shape index (κ1) is 11.2. The van der Waals surface area contributed by atoms with Gasteiger partial charge < -0.3 is 10.6 Å². The summed E-state index contributed by atoms with van der Waals surface area (Å²) in [5.74, 6) is 2.04. The summed E-state index contributed by atoms with van der Waals surface area (Å²) in [6.07, 6.45) is 2.95. The maximum atomic E-state index is 5.60. The summed E-state index contributed by atoms with van der Waals surface area (Å²) in [4.78, 5) is 10.5. The minimum atomic E-state index is 0.358. The molecule has 4 nitrogen and oxygen atoms in total. The molecule has 0 aliphatic carbocycles. The molecular weight excluding hydrogens is 200 g/mol. The zero-order chi connectivity index (χ0) is 11.8. The molecule has 1 fully saturated rings. The lowest BCUT2D eigenvalue weighted by atomic mass is 9.80. The van der Waals surface area contributed by atoms with Crippen LogP contribution in [0.15, 0.2) is 12.3 Å². The van der Waals surface area contributed by atoms with Crippen LogP contribution in [0.3, 0.4) is 0 Å². The third kappa shape index (κ3) is 2.26. The van der Waals surface area contributed by atoms with Crippen LogP contribution in [0.5, 0.6) is 0 Å². The van der Waals surface area contributed by atoms with Crippen LogP contribution in [0.4, 0.5) is 11.8 Å². The SMILES string of the molecule is CC(C)(C)C1CCN(c2ccnc(N)n2)C1. The van der Waals surface area contributed by atoms with E-state index >= 15 is 0 Å². The number of nitrogen functional groups attached to an aromatic ring is 1. The first-order valence-electron chi connectivity index (χ1n) is 5.80. The Morgan fingerprint density at radius 3 is 2.75 bits per heavy atom. The molecule has 0 saturated carbocycles. The van der Waals surface area contributed by atoms with Gasteiger partial charge in [-0.25, -0.2) is 4.98 Å². The fraction of sp³-hybridized carbons (Fsp3) is 0.667. The molecule has 0 radical (unpaired) electrons. The minimum Gasteiger partial charge on any atom is -0.368 e. The summed E-state index contributed by atoms with van der Waals surface area (Å²) >= 11 is 0. The van der Waals surface area contributed by atoms with Gasteiger partial charge in [0.25, 0.3) is 0 Å². The van der Waals surface area contributed by atoms with Crippen molar-refractivity contribution in [3.05, 3.63) is 12.3 Å². The van der Waals surface area contributed by atoms with Crippen molar-refractivity contribution in [1.29, 1.82) is 0 Å². The largest absolute Gasteiger partial charge is 0.368 e. The lowest BCUT2D eigenvalue weighted by Gasteiger charge is -2.27. The Kier molecular flexibility index (Phi) is 2.74. The van der Waals surface area contributed by atoms with Gasteiger partial charge >= 0.3 is 0 Å². The highest BCUT2D eigenvalue weighted by molar-refractivity contribution is 5.42. The molecule has 2 heterocycles. The Labute approximate surface area is 96.9 Å². The van der Waals surface area contributed by atoms with E-state index in [-0.39, 0.29) is 0 Å². The van der Waals surface area contributed by atoms with E-state index in [1.807, 2.05) is 6.07 Å². The van der Waals surface area contributed by atoms with Crippen molar-refractivity contribution in [2.24, 2.45) is 11.3 Å². The van der Waals surface area contributed by atoms with E-state index in [0.717, 1.165) is 24.8 Å². The molecule has 1 aliphatic heterocycles. The maximum Gasteiger partial charge on any atom is 0.221 e. The van der Waals surface area contributed by atoms with Gasteiger partial charge in [-0.1, -0.05) is 20.8 Å². The molecule has 1 saturated heterocycles. The van der Waals surface area contributed by atoms with Crippen LogP contribution < -0.4 is 10.6 Å². The molecule has 2 N–H and O–H groups in total. The summed E-state index contributed by atoms with van der Waals surface area (Å²) in [5, 5.41) is 0. The summed E-state index contributed by atoms with van der Waals surface area (Å²) in [6.45, 7) is 9.04. The molecule has 1 unspecified atom stereocenters. The average Bonchev–Trinajstić information content (AvgIpc) is 2.65. The quantitative estimate of drug-likeness (QED) is 0.785. The number of hydrogen-bond acceptors (Lipinski definition) is 4. The van der Waals surface area contributed by atoms with Gasteiger partial charge in [-0.05, 0) is 23.8 Å². The lowest BCUT2D eigenvalue weighted by molar-refractivity contribution is 0.263. The topological polar surface area (TPSA) is 55.0 Å². The first-order valence-corrected chi connectivity index (χ1v) is 5.80. The summed E-state index contributed by atoms with van der Waals surface area (Å²) in [5.41, 5.74) is 5.97. The molecule has 2 rings (SSSR count). The van der Waals surface area contributed by atoms with Crippen LogP contribution in [0.1, 0.15) is 27.2 Å². The predicted molar refractivity (Wildman–Crippen MR) is 66.2 cm³/mol. The molecule has 16 heavy (non-hydrogen) atoms. The molecular formula is C12H20N4. The average molecular weight is 220 g/mol. The second-order valence-electron chi connectivity index (χ2n) is 5.57. The third-order valence-electron chi connectivity index (χ3n) is 3.40. The fourth-order valence-corrected chi connectivity index (χ4v) is 2.22. The van der Waals surface area contributed by atoms with Crippen LogP contribution >= 0.6 is 0 Å². The second-order valence-corrected chi connectivity index (χ2v) is 5.57. The maximum absolute atomic E-state index is 5.60. The van der Waals surface area contributed by atoms with Crippen molar-refractivity contribution >= 4 is 11.8 Å². The summed E-state index contributed by atoms with van der Waals surface area (Å²) < 4.78 is 0. The Morgan fingerprint density at radius 1 is 1.44 bits per heavy atom. The van der Waals surface area contributed by atoms with E-state index in [0.29, 0.717) is 11.4 Å². The van der Waals surface area contributed by atoms with E-state index in [9.17, 15) is 0 Å². The van der Waals surface area contributed by atoms with Crippen molar-refractivity contribution < 1.29 is 0 Å². The number of rotatable bonds is 1. The number of aromatic nitrogens is 2. The first-order chi connectivity index (χ1) is 7.47. The van der Waals surface area contributed by atoms with Crippen LogP contribution in [0, 0.1) is 11.3 Å². The Morgan fingerprint density at radius 2 is 2.19 bits per heavy atom. The van der Waals surface area contributed by atoms with E-state index in [1.165, 1.54) is 6.42 Å². The molecule has 1 aliphatic rings. The molecule has 0 bridgehead atoms. The van der Waals surface area contributed by atoms with Crippen molar-refractivity contribution in [2.45, 2.75) is 27.2 Å². The molecule has 88 valence electrons. The van der Waals surface area contributed by atoms with Crippen LogP contribution in [0.2, 0.25) is 0 Å². The van der Waals surface area contributed by atoms with Crippen molar-refractivity contribution in [3.63, 3.8) is 0 Å². The highest BCUT2D eigenvalue weighted by Crippen LogP contribution is 2.34. The lowest BCUT2D eigenvalue weighted by Crippen LogP contribution is -2.26. The molecule has 4 heteroatoms. The Hall–Kier alpha value is -1.32. The van der Waals surface area contributed by atoms with E-state index in [1.54, 1.807) is 6.20 Å². The normalized spacial score (nSPS) is 21.4. The van der Waals surface area contributed by atoms with Gasteiger partial charge in [0.05, 0.1) is 0 Å². The van der Waals surface area contributed by atoms with E-state index < -0.39 is 0 Å². The molecule has 0 aromatic carbocycles. The van der Waals surface area contributed by atoms with Crippen molar-refractivity contribution in [1.82, 2.24) is 9.97 Å². The fourth-order valence-electron chi connectivity index (χ4n) is 2.22. The molecule has 1 aromatic rings. The standard InChI is InChI=1S/C12H20N4/c1-12(2,3)9-5-7-16(8-9)10-4-6-14-11(13)15-10/h4,6,9H,5,7-8H2,1-3H3,(H2,13,14,15). The zero-order valence-corrected chi connectivity index (χ0v) is 10.3. The van der Waals surface area contributed by atoms with Gasteiger partial charge in [0.15, 0.2) is 0 Å². The highest BCUT2D eigenvalue weighted by atomic mass is 15.2. The van der Waals surface area contributed by atoms with Crippen LogP contribution in [-0.2, 0) is 0 Å². The van der Waals surface area contributed by atoms with Gasteiger partial charge in [0.2, 0.25) is 5.95 Å². The molecule has 1 atom stereocenters. The third-order valence-corrected chi connectivity index (χ3v) is 3.40. The molecule has 0 spiro atoms. The number of anilines is 2. The Bertz CT molecular complexity index is 370. The van der Waals surface area contributed by atoms with Gasteiger partial charge in [-0.3, -0.25) is 0 Å². The van der Waals surface area contributed by atoms with Crippen LogP contribution in [-0.4, -0.2) is 23.1 Å². The van der Waals surface area contributed by atoms with Gasteiger partial charge in [0.1, 0.15) is 5.82 Å². The number of nitrogens with zero attached hydrogens (tertiary/aromatic N) is 3. The number of nitrogens with two attached hydrogens (primary N) is 1. The van der Waals surface area contributed by atoms with Crippen LogP contribution in [0.25, 0.3) is 0 Å². The smallest absolute Gasteiger partial charge is 0.221 e.